The predicted molar refractivity (Wildman–Crippen MR) is 150 cm³/mol. The number of rotatable bonds is 9. The summed E-state index contributed by atoms with van der Waals surface area (Å²) in [7, 11) is 1.81. The van der Waals surface area contributed by atoms with E-state index in [1.54, 1.807) is 4.90 Å². The third kappa shape index (κ3) is 5.20. The molecule has 39 heavy (non-hydrogen) atoms. The topological polar surface area (TPSA) is 82.4 Å². The number of amides is 1. The molecule has 0 radical (unpaired) electrons. The highest BCUT2D eigenvalue weighted by Gasteiger charge is 2.42. The number of nitrogens with zero attached hydrogens (tertiary/aromatic N) is 2. The first-order chi connectivity index (χ1) is 19.0. The average Bonchev–Trinajstić information content (AvgIpc) is 3.67. The zero-order valence-electron chi connectivity index (χ0n) is 22.2. The van der Waals surface area contributed by atoms with E-state index in [1.807, 2.05) is 67.7 Å². The van der Waals surface area contributed by atoms with Crippen LogP contribution in [-0.2, 0) is 29.0 Å². The predicted octanol–water partition coefficient (Wildman–Crippen LogP) is 5.23. The van der Waals surface area contributed by atoms with Gasteiger partial charge in [0, 0.05) is 25.2 Å². The lowest BCUT2D eigenvalue weighted by molar-refractivity contribution is -0.122. The fraction of sp³-hybridized carbons (Fsp3) is 0.364. The van der Waals surface area contributed by atoms with Gasteiger partial charge >= 0.3 is 0 Å². The van der Waals surface area contributed by atoms with Crippen molar-refractivity contribution < 1.29 is 14.3 Å². The monoisotopic (exact) mass is 519 g/mol. The highest BCUT2D eigenvalue weighted by molar-refractivity contribution is 6.01. The van der Waals surface area contributed by atoms with Gasteiger partial charge in [-0.05, 0) is 71.6 Å². The number of nitriles is 1. The van der Waals surface area contributed by atoms with E-state index in [-0.39, 0.29) is 24.2 Å². The fourth-order valence-electron chi connectivity index (χ4n) is 6.41. The molecule has 1 saturated carbocycles. The number of ether oxygens (including phenoxy) is 1. The van der Waals surface area contributed by atoms with Crippen LogP contribution in [0, 0.1) is 23.2 Å². The smallest absolute Gasteiger partial charge is 0.231 e. The molecule has 3 aliphatic rings. The van der Waals surface area contributed by atoms with Crippen LogP contribution < -0.4 is 15.0 Å². The van der Waals surface area contributed by atoms with Crippen LogP contribution >= 0.6 is 0 Å². The zero-order chi connectivity index (χ0) is 26.9. The highest BCUT2D eigenvalue weighted by Crippen LogP contribution is 2.38. The molecule has 6 heteroatoms. The second kappa shape index (κ2) is 10.7. The number of piperidine rings is 1. The Morgan fingerprint density at radius 1 is 1.10 bits per heavy atom. The van der Waals surface area contributed by atoms with Crippen molar-refractivity contribution in [2.24, 2.45) is 11.8 Å². The maximum atomic E-state index is 13.1. The Bertz CT molecular complexity index is 1440. The molecule has 2 bridgehead atoms. The number of benzene rings is 3. The number of fused-ring (bicyclic) bond motifs is 3. The van der Waals surface area contributed by atoms with Gasteiger partial charge < -0.3 is 15.0 Å². The zero-order valence-corrected chi connectivity index (χ0v) is 22.2. The Hall–Kier alpha value is -3.95. The molecule has 6 nitrogen and oxygen atoms in total. The van der Waals surface area contributed by atoms with Gasteiger partial charge in [0.2, 0.25) is 5.91 Å². The molecule has 1 saturated heterocycles. The van der Waals surface area contributed by atoms with Gasteiger partial charge in [0.25, 0.3) is 0 Å². The molecule has 1 N–H and O–H groups in total. The number of ketones is 1. The summed E-state index contributed by atoms with van der Waals surface area (Å²) in [5, 5.41) is 13.5. The van der Waals surface area contributed by atoms with Gasteiger partial charge in [0.15, 0.2) is 5.78 Å². The maximum absolute atomic E-state index is 13.1. The largest absolute Gasteiger partial charge is 0.489 e. The minimum Gasteiger partial charge on any atom is -0.489 e. The lowest BCUT2D eigenvalue weighted by Crippen LogP contribution is -2.42. The van der Waals surface area contributed by atoms with Gasteiger partial charge in [-0.25, -0.2) is 0 Å². The third-order valence-electron chi connectivity index (χ3n) is 8.60. The van der Waals surface area contributed by atoms with E-state index in [2.05, 4.69) is 17.5 Å². The number of likely N-dealkylation sites (N-methyl/N-ethyl adjacent to an activating group) is 1. The van der Waals surface area contributed by atoms with E-state index in [0.717, 1.165) is 52.8 Å². The van der Waals surface area contributed by atoms with Crippen LogP contribution in [0.2, 0.25) is 0 Å². The molecule has 3 aromatic rings. The minimum absolute atomic E-state index is 0.0967. The first-order valence-electron chi connectivity index (χ1n) is 13.9. The SMILES string of the molecule is CN1C(=O)Cc2ccc(-c3ccc(CC(C#N)CC(=O)[C@H]4N[C@@H]5CC[C@H]4C5)c(OCc4ccccc4)c3)cc21. The van der Waals surface area contributed by atoms with E-state index in [9.17, 15) is 14.9 Å². The number of carbonyl (C=O) groups excluding carboxylic acids is 2. The number of anilines is 1. The summed E-state index contributed by atoms with van der Waals surface area (Å²) in [5.41, 5.74) is 5.93. The molecule has 2 heterocycles. The van der Waals surface area contributed by atoms with E-state index in [4.69, 9.17) is 4.74 Å². The molecular formula is C33H33N3O3. The summed E-state index contributed by atoms with van der Waals surface area (Å²) in [6, 6.07) is 24.9. The second-order valence-electron chi connectivity index (χ2n) is 11.2. The van der Waals surface area contributed by atoms with E-state index in [1.165, 1.54) is 0 Å². The molecule has 3 aromatic carbocycles. The number of Topliss-reactive ketones (excluding diaryl/α,β-unsaturated/α-hetero) is 1. The molecule has 2 fully saturated rings. The summed E-state index contributed by atoms with van der Waals surface area (Å²) < 4.78 is 6.34. The van der Waals surface area contributed by atoms with E-state index >= 15 is 0 Å². The minimum atomic E-state index is -0.414. The normalized spacial score (nSPS) is 22.0. The van der Waals surface area contributed by atoms with Crippen LogP contribution in [0.1, 0.15) is 42.4 Å². The molecule has 2 aliphatic heterocycles. The second-order valence-corrected chi connectivity index (χ2v) is 11.2. The van der Waals surface area contributed by atoms with Crippen molar-refractivity contribution in [1.29, 1.82) is 5.26 Å². The van der Waals surface area contributed by atoms with Crippen LogP contribution in [0.3, 0.4) is 0 Å². The molecule has 1 unspecified atom stereocenters. The van der Waals surface area contributed by atoms with Gasteiger partial charge in [-0.2, -0.15) is 5.26 Å². The van der Waals surface area contributed by atoms with Crippen molar-refractivity contribution in [3.63, 3.8) is 0 Å². The Balaban J connectivity index is 1.24. The molecule has 1 amide bonds. The van der Waals surface area contributed by atoms with Crippen LogP contribution in [0.25, 0.3) is 11.1 Å². The number of hydrogen-bond donors (Lipinski definition) is 1. The maximum Gasteiger partial charge on any atom is 0.231 e. The summed E-state index contributed by atoms with van der Waals surface area (Å²) in [6.45, 7) is 0.407. The highest BCUT2D eigenvalue weighted by atomic mass is 16.5. The average molecular weight is 520 g/mol. The van der Waals surface area contributed by atoms with Gasteiger partial charge in [0.05, 0.1) is 24.4 Å². The van der Waals surface area contributed by atoms with E-state index < -0.39 is 5.92 Å². The summed E-state index contributed by atoms with van der Waals surface area (Å²) in [5.74, 6) is 0.985. The first kappa shape index (κ1) is 25.3. The molecule has 4 atom stereocenters. The standard InChI is InChI=1S/C33H33N3O3/c1-36-29-16-23(7-9-25(29)18-32(36)38)24-8-10-26(31(17-24)39-20-21-5-3-2-4-6-21)13-22(19-34)14-30(37)33-27-11-12-28(15-27)35-33/h2-10,16-17,22,27-28,33,35H,11-15,18,20H2,1H3/t22?,27-,28+,33-/m0/s1. The lowest BCUT2D eigenvalue weighted by atomic mass is 9.88. The van der Waals surface area contributed by atoms with Crippen LogP contribution in [0.15, 0.2) is 66.7 Å². The fourth-order valence-corrected chi connectivity index (χ4v) is 6.41. The molecule has 0 aromatic heterocycles. The molecule has 198 valence electrons. The van der Waals surface area contributed by atoms with Gasteiger partial charge in [0.1, 0.15) is 12.4 Å². The Morgan fingerprint density at radius 3 is 2.64 bits per heavy atom. The quantitative estimate of drug-likeness (QED) is 0.418. The Labute approximate surface area is 229 Å². The van der Waals surface area contributed by atoms with Crippen molar-refractivity contribution in [2.45, 2.75) is 57.2 Å². The summed E-state index contributed by atoms with van der Waals surface area (Å²) in [4.78, 5) is 27.0. The van der Waals surface area contributed by atoms with Crippen molar-refractivity contribution in [1.82, 2.24) is 5.32 Å². The lowest BCUT2D eigenvalue weighted by Gasteiger charge is -2.23. The van der Waals surface area contributed by atoms with Crippen molar-refractivity contribution >= 4 is 17.4 Å². The number of nitrogens with one attached hydrogen (secondary N) is 1. The van der Waals surface area contributed by atoms with Gasteiger partial charge in [-0.1, -0.05) is 54.6 Å². The van der Waals surface area contributed by atoms with Crippen molar-refractivity contribution in [3.8, 4) is 22.9 Å². The van der Waals surface area contributed by atoms with Gasteiger partial charge in [-0.3, -0.25) is 9.59 Å². The summed E-state index contributed by atoms with van der Waals surface area (Å²) in [6.07, 6.45) is 4.48. The van der Waals surface area contributed by atoms with E-state index in [0.29, 0.717) is 37.2 Å². The van der Waals surface area contributed by atoms with Crippen LogP contribution in [0.4, 0.5) is 5.69 Å². The molecule has 1 aliphatic carbocycles. The van der Waals surface area contributed by atoms with Gasteiger partial charge in [-0.15, -0.1) is 0 Å². The third-order valence-corrected chi connectivity index (χ3v) is 8.60. The molecule has 0 spiro atoms. The Morgan fingerprint density at radius 2 is 1.90 bits per heavy atom. The number of hydrogen-bond acceptors (Lipinski definition) is 5. The van der Waals surface area contributed by atoms with Crippen LogP contribution in [0.5, 0.6) is 5.75 Å². The van der Waals surface area contributed by atoms with Crippen LogP contribution in [-0.4, -0.2) is 30.8 Å². The summed E-state index contributed by atoms with van der Waals surface area (Å²) >= 11 is 0. The van der Waals surface area contributed by atoms with Crippen molar-refractivity contribution in [3.05, 3.63) is 83.4 Å². The van der Waals surface area contributed by atoms with Crippen molar-refractivity contribution in [2.75, 3.05) is 11.9 Å². The first-order valence-corrected chi connectivity index (χ1v) is 13.9. The Kier molecular flexibility index (Phi) is 6.93. The molecular weight excluding hydrogens is 486 g/mol. The number of carbonyl (C=O) groups is 2. The molecule has 6 rings (SSSR count).